The molecule has 0 aliphatic carbocycles. The van der Waals surface area contributed by atoms with Crippen LogP contribution in [0, 0.1) is 0 Å². The number of aromatic nitrogens is 4. The van der Waals surface area contributed by atoms with Gasteiger partial charge in [-0.1, -0.05) is 6.92 Å². The number of carbonyl (C=O) groups excluding carboxylic acids is 1. The largest absolute Gasteiger partial charge is 0.340 e. The number of imidazole rings is 1. The van der Waals surface area contributed by atoms with Crippen LogP contribution < -0.4 is 10.2 Å². The lowest BCUT2D eigenvalue weighted by Crippen LogP contribution is -2.51. The van der Waals surface area contributed by atoms with Crippen LogP contribution in [-0.4, -0.2) is 37.5 Å². The molecule has 7 heteroatoms. The monoisotopic (exact) mass is 286 g/mol. The van der Waals surface area contributed by atoms with Crippen molar-refractivity contribution >= 4 is 17.4 Å². The van der Waals surface area contributed by atoms with Gasteiger partial charge in [-0.05, 0) is 20.3 Å². The zero-order valence-corrected chi connectivity index (χ0v) is 12.3. The van der Waals surface area contributed by atoms with Gasteiger partial charge in [-0.3, -0.25) is 9.36 Å². The molecule has 1 aliphatic rings. The van der Waals surface area contributed by atoms with Gasteiger partial charge >= 0.3 is 0 Å². The third kappa shape index (κ3) is 2.24. The number of nitrogens with one attached hydrogen (secondary N) is 1. The first-order chi connectivity index (χ1) is 10.1. The van der Waals surface area contributed by atoms with Gasteiger partial charge in [0.1, 0.15) is 18.1 Å². The van der Waals surface area contributed by atoms with Crippen LogP contribution in [0.1, 0.15) is 27.2 Å². The molecule has 1 amide bonds. The Labute approximate surface area is 123 Å². The van der Waals surface area contributed by atoms with Gasteiger partial charge in [0.05, 0.1) is 6.20 Å². The molecule has 21 heavy (non-hydrogen) atoms. The lowest BCUT2D eigenvalue weighted by Gasteiger charge is -2.39. The molecule has 0 saturated carbocycles. The fraction of sp³-hybridized carbons (Fsp3) is 0.429. The number of hydrogen-bond acceptors (Lipinski definition) is 5. The summed E-state index contributed by atoms with van der Waals surface area (Å²) >= 11 is 0. The molecule has 0 aromatic carbocycles. The predicted molar refractivity (Wildman–Crippen MR) is 79.5 cm³/mol. The molecule has 110 valence electrons. The summed E-state index contributed by atoms with van der Waals surface area (Å²) in [5, 5.41) is 2.89. The van der Waals surface area contributed by atoms with E-state index in [1.165, 1.54) is 0 Å². The molecule has 0 unspecified atom stereocenters. The van der Waals surface area contributed by atoms with E-state index in [1.807, 2.05) is 6.92 Å². The summed E-state index contributed by atoms with van der Waals surface area (Å²) in [6.07, 6.45) is 7.50. The Balaban J connectivity index is 2.10. The van der Waals surface area contributed by atoms with Crippen molar-refractivity contribution in [2.24, 2.45) is 0 Å². The number of carbonyl (C=O) groups is 1. The smallest absolute Gasteiger partial charge is 0.247 e. The second kappa shape index (κ2) is 5.16. The molecule has 1 aliphatic heterocycles. The summed E-state index contributed by atoms with van der Waals surface area (Å²) in [6.45, 7) is 6.12. The Morgan fingerprint density at radius 3 is 2.86 bits per heavy atom. The second-order valence-electron chi connectivity index (χ2n) is 5.29. The van der Waals surface area contributed by atoms with Gasteiger partial charge < -0.3 is 10.2 Å². The maximum atomic E-state index is 12.2. The van der Waals surface area contributed by atoms with E-state index in [1.54, 1.807) is 29.5 Å². The van der Waals surface area contributed by atoms with Crippen LogP contribution in [0.2, 0.25) is 0 Å². The number of nitrogens with zero attached hydrogens (tertiary/aromatic N) is 5. The quantitative estimate of drug-likeness (QED) is 0.927. The van der Waals surface area contributed by atoms with Crippen molar-refractivity contribution in [2.45, 2.75) is 39.3 Å². The van der Waals surface area contributed by atoms with Crippen molar-refractivity contribution in [2.75, 3.05) is 10.2 Å². The minimum Gasteiger partial charge on any atom is -0.340 e. The van der Waals surface area contributed by atoms with Crippen molar-refractivity contribution in [1.29, 1.82) is 0 Å². The van der Waals surface area contributed by atoms with E-state index in [4.69, 9.17) is 0 Å². The van der Waals surface area contributed by atoms with Crippen molar-refractivity contribution in [3.8, 4) is 5.95 Å². The van der Waals surface area contributed by atoms with E-state index < -0.39 is 0 Å². The topological polar surface area (TPSA) is 75.9 Å². The molecule has 0 bridgehead atoms. The van der Waals surface area contributed by atoms with E-state index in [0.29, 0.717) is 11.6 Å². The van der Waals surface area contributed by atoms with Crippen molar-refractivity contribution in [1.82, 2.24) is 19.5 Å². The molecule has 0 saturated heterocycles. The van der Waals surface area contributed by atoms with Crippen LogP contribution in [-0.2, 0) is 4.79 Å². The summed E-state index contributed by atoms with van der Waals surface area (Å²) < 4.78 is 1.75. The lowest BCUT2D eigenvalue weighted by atomic mass is 10.1. The highest BCUT2D eigenvalue weighted by atomic mass is 16.2. The van der Waals surface area contributed by atoms with Crippen molar-refractivity contribution in [3.63, 3.8) is 0 Å². The summed E-state index contributed by atoms with van der Waals surface area (Å²) in [6, 6.07) is -0.0340. The normalized spacial score (nSPS) is 17.8. The molecule has 0 radical (unpaired) electrons. The predicted octanol–water partition coefficient (Wildman–Crippen LogP) is 1.61. The standard InChI is InChI=1S/C14H18N6O/c1-4-11-13(21)17-10-7-16-14(19-6-5-15-8-19)18-12(10)20(11)9(2)3/h5-9,11H,4H2,1-3H3,(H,17,21)/t11-/m1/s1. The molecular weight excluding hydrogens is 268 g/mol. The van der Waals surface area contributed by atoms with Crippen LogP contribution in [0.3, 0.4) is 0 Å². The maximum absolute atomic E-state index is 12.2. The first-order valence-corrected chi connectivity index (χ1v) is 7.06. The van der Waals surface area contributed by atoms with Gasteiger partial charge in [-0.15, -0.1) is 0 Å². The zero-order chi connectivity index (χ0) is 15.0. The van der Waals surface area contributed by atoms with E-state index >= 15 is 0 Å². The Kier molecular flexibility index (Phi) is 3.32. The minimum atomic E-state index is -0.206. The molecular formula is C14H18N6O. The maximum Gasteiger partial charge on any atom is 0.247 e. The summed E-state index contributed by atoms with van der Waals surface area (Å²) in [4.78, 5) is 27.2. The first kappa shape index (κ1) is 13.5. The fourth-order valence-electron chi connectivity index (χ4n) is 2.63. The molecule has 0 spiro atoms. The van der Waals surface area contributed by atoms with Gasteiger partial charge in [0.15, 0.2) is 5.82 Å². The fourth-order valence-corrected chi connectivity index (χ4v) is 2.63. The Hall–Kier alpha value is -2.44. The average molecular weight is 286 g/mol. The van der Waals surface area contributed by atoms with Gasteiger partial charge in [-0.2, -0.15) is 4.98 Å². The Bertz CT molecular complexity index is 651. The van der Waals surface area contributed by atoms with Crippen LogP contribution in [0.15, 0.2) is 24.9 Å². The number of rotatable bonds is 3. The number of hydrogen-bond donors (Lipinski definition) is 1. The molecule has 2 aromatic rings. The highest BCUT2D eigenvalue weighted by Crippen LogP contribution is 2.32. The molecule has 1 N–H and O–H groups in total. The lowest BCUT2D eigenvalue weighted by molar-refractivity contribution is -0.117. The second-order valence-corrected chi connectivity index (χ2v) is 5.29. The molecule has 3 rings (SSSR count). The molecule has 2 aromatic heterocycles. The van der Waals surface area contributed by atoms with Crippen LogP contribution >= 0.6 is 0 Å². The third-order valence-electron chi connectivity index (χ3n) is 3.58. The van der Waals surface area contributed by atoms with E-state index in [0.717, 1.165) is 12.2 Å². The van der Waals surface area contributed by atoms with Crippen molar-refractivity contribution < 1.29 is 4.79 Å². The molecule has 1 atom stereocenters. The third-order valence-corrected chi connectivity index (χ3v) is 3.58. The van der Waals surface area contributed by atoms with E-state index in [9.17, 15) is 4.79 Å². The van der Waals surface area contributed by atoms with Crippen LogP contribution in [0.25, 0.3) is 5.95 Å². The highest BCUT2D eigenvalue weighted by molar-refractivity contribution is 6.02. The van der Waals surface area contributed by atoms with E-state index in [2.05, 4.69) is 39.0 Å². The van der Waals surface area contributed by atoms with Crippen molar-refractivity contribution in [3.05, 3.63) is 24.9 Å². The van der Waals surface area contributed by atoms with Gasteiger partial charge in [0.2, 0.25) is 11.9 Å². The summed E-state index contributed by atoms with van der Waals surface area (Å²) in [7, 11) is 0. The number of fused-ring (bicyclic) bond motifs is 1. The first-order valence-electron chi connectivity index (χ1n) is 7.06. The molecule has 3 heterocycles. The SMILES string of the molecule is CC[C@@H]1C(=O)Nc2cnc(-n3ccnc3)nc2N1C(C)C. The Morgan fingerprint density at radius 2 is 2.24 bits per heavy atom. The molecule has 0 fully saturated rings. The minimum absolute atomic E-state index is 0.00215. The zero-order valence-electron chi connectivity index (χ0n) is 12.3. The summed E-state index contributed by atoms with van der Waals surface area (Å²) in [5.74, 6) is 1.30. The number of amides is 1. The van der Waals surface area contributed by atoms with Gasteiger partial charge in [-0.25, -0.2) is 9.97 Å². The summed E-state index contributed by atoms with van der Waals surface area (Å²) in [5.41, 5.74) is 0.655. The van der Waals surface area contributed by atoms with Gasteiger partial charge in [0.25, 0.3) is 0 Å². The van der Waals surface area contributed by atoms with E-state index in [-0.39, 0.29) is 18.0 Å². The number of anilines is 2. The van der Waals surface area contributed by atoms with Crippen LogP contribution in [0.4, 0.5) is 11.5 Å². The average Bonchev–Trinajstić information content (AvgIpc) is 2.99. The van der Waals surface area contributed by atoms with Gasteiger partial charge in [0, 0.05) is 18.4 Å². The Morgan fingerprint density at radius 1 is 1.43 bits per heavy atom. The highest BCUT2D eigenvalue weighted by Gasteiger charge is 2.34. The molecule has 7 nitrogen and oxygen atoms in total. The van der Waals surface area contributed by atoms with Crippen LogP contribution in [0.5, 0.6) is 0 Å².